The molecule has 1 heterocycles. The summed E-state index contributed by atoms with van der Waals surface area (Å²) in [5.74, 6) is 2.24. The maximum atomic E-state index is 5.78. The van der Waals surface area contributed by atoms with Gasteiger partial charge in [-0.05, 0) is 12.1 Å². The molecular weight excluding hydrogens is 286 g/mol. The lowest BCUT2D eigenvalue weighted by Gasteiger charge is -2.14. The third-order valence-corrected chi connectivity index (χ3v) is 4.08. The Balaban J connectivity index is 2.56. The lowest BCUT2D eigenvalue weighted by atomic mass is 10.1. The van der Waals surface area contributed by atoms with Gasteiger partial charge in [0.25, 0.3) is 0 Å². The van der Waals surface area contributed by atoms with Gasteiger partial charge in [0.2, 0.25) is 5.75 Å². The highest BCUT2D eigenvalue weighted by molar-refractivity contribution is 7.15. The number of hydrogen-bond acceptors (Lipinski definition) is 5. The van der Waals surface area contributed by atoms with E-state index in [2.05, 4.69) is 4.98 Å². The smallest absolute Gasteiger partial charge is 0.203 e. The van der Waals surface area contributed by atoms with Crippen LogP contribution in [-0.4, -0.2) is 26.3 Å². The number of methoxy groups -OCH3 is 3. The number of hydrogen-bond donors (Lipinski definition) is 0. The third-order valence-electron chi connectivity index (χ3n) is 2.64. The molecule has 0 saturated carbocycles. The van der Waals surface area contributed by atoms with Crippen molar-refractivity contribution >= 4 is 22.9 Å². The number of rotatable bonds is 5. The first-order valence-electron chi connectivity index (χ1n) is 5.55. The summed E-state index contributed by atoms with van der Waals surface area (Å²) in [6.07, 6.45) is 1.78. The summed E-state index contributed by atoms with van der Waals surface area (Å²) >= 11 is 7.31. The van der Waals surface area contributed by atoms with Gasteiger partial charge in [-0.25, -0.2) is 4.98 Å². The first kappa shape index (κ1) is 14.0. The quantitative estimate of drug-likeness (QED) is 0.791. The van der Waals surface area contributed by atoms with Gasteiger partial charge in [0.1, 0.15) is 5.01 Å². The van der Waals surface area contributed by atoms with Crippen LogP contribution in [0.25, 0.3) is 10.4 Å². The molecule has 0 spiro atoms. The van der Waals surface area contributed by atoms with Gasteiger partial charge in [0, 0.05) is 11.8 Å². The monoisotopic (exact) mass is 299 g/mol. The molecule has 1 aromatic heterocycles. The molecule has 19 heavy (non-hydrogen) atoms. The molecule has 2 aromatic rings. The highest BCUT2D eigenvalue weighted by atomic mass is 35.5. The number of thiazole rings is 1. The van der Waals surface area contributed by atoms with Crippen LogP contribution in [0.5, 0.6) is 17.2 Å². The van der Waals surface area contributed by atoms with E-state index in [1.54, 1.807) is 27.5 Å². The molecule has 102 valence electrons. The van der Waals surface area contributed by atoms with Crippen LogP contribution in [0.15, 0.2) is 18.3 Å². The van der Waals surface area contributed by atoms with Crippen LogP contribution in [0.1, 0.15) is 5.01 Å². The first-order chi connectivity index (χ1) is 9.24. The Morgan fingerprint density at radius 2 is 1.84 bits per heavy atom. The summed E-state index contributed by atoms with van der Waals surface area (Å²) < 4.78 is 16.1. The van der Waals surface area contributed by atoms with Crippen molar-refractivity contribution < 1.29 is 14.2 Å². The fourth-order valence-corrected chi connectivity index (χ4v) is 2.81. The van der Waals surface area contributed by atoms with Crippen molar-refractivity contribution in [2.45, 2.75) is 5.88 Å². The van der Waals surface area contributed by atoms with Gasteiger partial charge >= 0.3 is 0 Å². The van der Waals surface area contributed by atoms with Crippen LogP contribution >= 0.6 is 22.9 Å². The van der Waals surface area contributed by atoms with Crippen molar-refractivity contribution in [1.82, 2.24) is 4.98 Å². The molecule has 1 aromatic carbocycles. The van der Waals surface area contributed by atoms with Crippen molar-refractivity contribution in [3.63, 3.8) is 0 Å². The van der Waals surface area contributed by atoms with Crippen molar-refractivity contribution in [2.24, 2.45) is 0 Å². The van der Waals surface area contributed by atoms with Gasteiger partial charge in [0.05, 0.1) is 32.1 Å². The van der Waals surface area contributed by atoms with E-state index in [9.17, 15) is 0 Å². The molecule has 0 atom stereocenters. The Morgan fingerprint density at radius 1 is 1.11 bits per heavy atom. The standard InChI is InChI=1S/C13H14ClNO3S/c1-16-9-5-4-8(12(17-2)13(9)18-3)10-7-15-11(6-14)19-10/h4-5,7H,6H2,1-3H3. The molecule has 0 fully saturated rings. The highest BCUT2D eigenvalue weighted by Crippen LogP contribution is 2.45. The third kappa shape index (κ3) is 2.62. The van der Waals surface area contributed by atoms with Crippen LogP contribution < -0.4 is 14.2 Å². The van der Waals surface area contributed by atoms with E-state index in [0.717, 1.165) is 15.4 Å². The van der Waals surface area contributed by atoms with Gasteiger partial charge in [0.15, 0.2) is 11.5 Å². The highest BCUT2D eigenvalue weighted by Gasteiger charge is 2.18. The van der Waals surface area contributed by atoms with Crippen LogP contribution in [0.3, 0.4) is 0 Å². The van der Waals surface area contributed by atoms with E-state index in [4.69, 9.17) is 25.8 Å². The second-order valence-corrected chi connectivity index (χ2v) is 5.02. The van der Waals surface area contributed by atoms with Gasteiger partial charge in [-0.15, -0.1) is 22.9 Å². The number of nitrogens with zero attached hydrogens (tertiary/aromatic N) is 1. The molecule has 0 aliphatic rings. The largest absolute Gasteiger partial charge is 0.493 e. The molecule has 6 heteroatoms. The van der Waals surface area contributed by atoms with Crippen molar-refractivity contribution in [3.05, 3.63) is 23.3 Å². The fraction of sp³-hybridized carbons (Fsp3) is 0.308. The van der Waals surface area contributed by atoms with E-state index >= 15 is 0 Å². The summed E-state index contributed by atoms with van der Waals surface area (Å²) in [7, 11) is 4.78. The lowest BCUT2D eigenvalue weighted by Crippen LogP contribution is -1.96. The average Bonchev–Trinajstić information content (AvgIpc) is 2.94. The fourth-order valence-electron chi connectivity index (χ4n) is 1.79. The first-order valence-corrected chi connectivity index (χ1v) is 6.90. The number of ether oxygens (including phenoxy) is 3. The van der Waals surface area contributed by atoms with E-state index in [1.165, 1.54) is 11.3 Å². The molecule has 0 unspecified atom stereocenters. The van der Waals surface area contributed by atoms with Crippen LogP contribution in [0.2, 0.25) is 0 Å². The molecule has 0 aliphatic heterocycles. The number of benzene rings is 1. The van der Waals surface area contributed by atoms with E-state index in [1.807, 2.05) is 12.1 Å². The number of halogens is 1. The molecule has 0 N–H and O–H groups in total. The summed E-state index contributed by atoms with van der Waals surface area (Å²) in [5.41, 5.74) is 0.911. The minimum absolute atomic E-state index is 0.403. The lowest BCUT2D eigenvalue weighted by molar-refractivity contribution is 0.325. The van der Waals surface area contributed by atoms with Crippen molar-refractivity contribution in [3.8, 4) is 27.7 Å². The topological polar surface area (TPSA) is 40.6 Å². The van der Waals surface area contributed by atoms with Gasteiger partial charge < -0.3 is 14.2 Å². The Bertz CT molecular complexity index is 571. The summed E-state index contributed by atoms with van der Waals surface area (Å²) in [4.78, 5) is 5.22. The molecular formula is C13H14ClNO3S. The summed E-state index contributed by atoms with van der Waals surface area (Å²) in [5, 5.41) is 0.869. The van der Waals surface area contributed by atoms with Crippen LogP contribution in [0.4, 0.5) is 0 Å². The summed E-state index contributed by atoms with van der Waals surface area (Å²) in [6, 6.07) is 3.77. The van der Waals surface area contributed by atoms with Crippen molar-refractivity contribution in [2.75, 3.05) is 21.3 Å². The second kappa shape index (κ2) is 6.12. The zero-order valence-corrected chi connectivity index (χ0v) is 12.5. The minimum atomic E-state index is 0.403. The molecule has 0 aliphatic carbocycles. The molecule has 2 rings (SSSR count). The van der Waals surface area contributed by atoms with E-state index < -0.39 is 0 Å². The number of aromatic nitrogens is 1. The Labute approximate surface area is 120 Å². The van der Waals surface area contributed by atoms with E-state index in [-0.39, 0.29) is 0 Å². The predicted octanol–water partition coefficient (Wildman–Crippen LogP) is 3.57. The Kier molecular flexibility index (Phi) is 4.50. The van der Waals surface area contributed by atoms with Gasteiger partial charge in [-0.3, -0.25) is 0 Å². The minimum Gasteiger partial charge on any atom is -0.493 e. The van der Waals surface area contributed by atoms with Gasteiger partial charge in [-0.2, -0.15) is 0 Å². The predicted molar refractivity (Wildman–Crippen MR) is 76.8 cm³/mol. The maximum Gasteiger partial charge on any atom is 0.203 e. The zero-order valence-electron chi connectivity index (χ0n) is 10.9. The van der Waals surface area contributed by atoms with Crippen molar-refractivity contribution in [1.29, 1.82) is 0 Å². The SMILES string of the molecule is COc1ccc(-c2cnc(CCl)s2)c(OC)c1OC. The molecule has 0 radical (unpaired) electrons. The normalized spacial score (nSPS) is 10.3. The molecule has 0 amide bonds. The molecule has 0 saturated heterocycles. The molecule has 4 nitrogen and oxygen atoms in total. The Morgan fingerprint density at radius 3 is 2.37 bits per heavy atom. The maximum absolute atomic E-state index is 5.78. The number of alkyl halides is 1. The average molecular weight is 300 g/mol. The summed E-state index contributed by atoms with van der Waals surface area (Å²) in [6.45, 7) is 0. The molecule has 0 bridgehead atoms. The second-order valence-electron chi connectivity index (χ2n) is 3.63. The zero-order chi connectivity index (χ0) is 13.8. The van der Waals surface area contributed by atoms with Gasteiger partial charge in [-0.1, -0.05) is 0 Å². The Hall–Kier alpha value is -1.46. The van der Waals surface area contributed by atoms with Crippen LogP contribution in [-0.2, 0) is 5.88 Å². The van der Waals surface area contributed by atoms with E-state index in [0.29, 0.717) is 23.1 Å². The van der Waals surface area contributed by atoms with Crippen LogP contribution in [0, 0.1) is 0 Å².